The number of halogens is 3. The SMILES string of the molecule is Cc1onc(-c2cccc(N3CCOCC3)c2)c1-c1csc(C2CCN(C(C(=O)OC(=O)C(F)(F)F)c3cccs3)CC2)n1. The van der Waals surface area contributed by atoms with Gasteiger partial charge in [0.05, 0.1) is 29.5 Å². The lowest BCUT2D eigenvalue weighted by atomic mass is 9.96. The normalized spacial score (nSPS) is 17.5. The monoisotopic (exact) mass is 646 g/mol. The fourth-order valence-electron chi connectivity index (χ4n) is 5.63. The second kappa shape index (κ2) is 12.8. The number of carbonyl (C=O) groups excluding carboxylic acids is 2. The van der Waals surface area contributed by atoms with Gasteiger partial charge in [0.2, 0.25) is 0 Å². The summed E-state index contributed by atoms with van der Waals surface area (Å²) >= 11 is 2.76. The minimum Gasteiger partial charge on any atom is -0.385 e. The molecular weight excluding hydrogens is 617 g/mol. The molecule has 232 valence electrons. The summed E-state index contributed by atoms with van der Waals surface area (Å²) in [5.41, 5.74) is 4.34. The first kappa shape index (κ1) is 30.4. The molecule has 3 aromatic heterocycles. The van der Waals surface area contributed by atoms with E-state index in [9.17, 15) is 22.8 Å². The quantitative estimate of drug-likeness (QED) is 0.171. The van der Waals surface area contributed by atoms with Crippen LogP contribution in [0.2, 0.25) is 0 Å². The Morgan fingerprint density at radius 1 is 1.07 bits per heavy atom. The van der Waals surface area contributed by atoms with E-state index in [1.54, 1.807) is 22.4 Å². The van der Waals surface area contributed by atoms with Crippen LogP contribution < -0.4 is 4.90 Å². The van der Waals surface area contributed by atoms with Crippen molar-refractivity contribution in [2.45, 2.75) is 37.9 Å². The fraction of sp³-hybridized carbons (Fsp3) is 0.400. The van der Waals surface area contributed by atoms with E-state index in [1.807, 2.05) is 24.4 Å². The maximum absolute atomic E-state index is 12.8. The van der Waals surface area contributed by atoms with Crippen LogP contribution in [0.3, 0.4) is 0 Å². The Hall–Kier alpha value is -3.59. The van der Waals surface area contributed by atoms with Crippen molar-refractivity contribution in [3.8, 4) is 22.5 Å². The summed E-state index contributed by atoms with van der Waals surface area (Å²) in [6.07, 6.45) is -3.99. The molecule has 0 amide bonds. The van der Waals surface area contributed by atoms with Gasteiger partial charge >= 0.3 is 18.1 Å². The molecule has 0 spiro atoms. The average Bonchev–Trinajstić information content (AvgIpc) is 3.80. The van der Waals surface area contributed by atoms with Crippen molar-refractivity contribution in [1.82, 2.24) is 15.0 Å². The van der Waals surface area contributed by atoms with Crippen LogP contribution in [0, 0.1) is 6.92 Å². The van der Waals surface area contributed by atoms with Crippen LogP contribution in [0.25, 0.3) is 22.5 Å². The van der Waals surface area contributed by atoms with Crippen LogP contribution in [0.15, 0.2) is 51.7 Å². The highest BCUT2D eigenvalue weighted by Gasteiger charge is 2.45. The molecule has 0 bridgehead atoms. The molecule has 1 aromatic carbocycles. The molecule has 5 heterocycles. The van der Waals surface area contributed by atoms with Crippen molar-refractivity contribution in [2.24, 2.45) is 0 Å². The number of hydrogen-bond acceptors (Lipinski definition) is 11. The lowest BCUT2D eigenvalue weighted by Crippen LogP contribution is -2.41. The first-order chi connectivity index (χ1) is 21.2. The molecular formula is C30H29F3N4O5S2. The van der Waals surface area contributed by atoms with Crippen LogP contribution in [0.5, 0.6) is 0 Å². The van der Waals surface area contributed by atoms with Gasteiger partial charge in [0.15, 0.2) is 0 Å². The summed E-state index contributed by atoms with van der Waals surface area (Å²) in [4.78, 5) is 33.7. The average molecular weight is 647 g/mol. The molecule has 0 radical (unpaired) electrons. The number of hydrogen-bond donors (Lipinski definition) is 0. The zero-order valence-corrected chi connectivity index (χ0v) is 25.3. The van der Waals surface area contributed by atoms with Crippen LogP contribution in [0.1, 0.15) is 40.4 Å². The van der Waals surface area contributed by atoms with Gasteiger partial charge in [-0.2, -0.15) is 13.2 Å². The molecule has 1 atom stereocenters. The van der Waals surface area contributed by atoms with Crippen LogP contribution in [-0.4, -0.2) is 72.5 Å². The molecule has 9 nitrogen and oxygen atoms in total. The fourth-order valence-corrected chi connectivity index (χ4v) is 7.46. The molecule has 2 fully saturated rings. The number of morpholine rings is 1. The van der Waals surface area contributed by atoms with Gasteiger partial charge in [-0.3, -0.25) is 4.90 Å². The third kappa shape index (κ3) is 6.43. The first-order valence-electron chi connectivity index (χ1n) is 14.1. The molecule has 0 aliphatic carbocycles. The number of rotatable bonds is 7. The number of aromatic nitrogens is 2. The van der Waals surface area contributed by atoms with Gasteiger partial charge in [-0.15, -0.1) is 22.7 Å². The first-order valence-corrected chi connectivity index (χ1v) is 15.9. The standard InChI is InChI=1S/C30H29F3N4O5S2/c1-18-24(25(35-42-18)20-4-2-5-21(16-20)36-11-13-40-14-12-36)22-17-44-27(34-22)19-7-9-37(10-8-19)26(23-6-3-15-43-23)28(38)41-29(39)30(31,32)33/h2-6,15-17,19,26H,7-14H2,1H3. The van der Waals surface area contributed by atoms with E-state index >= 15 is 0 Å². The molecule has 14 heteroatoms. The Balaban J connectivity index is 1.17. The maximum Gasteiger partial charge on any atom is 0.491 e. The zero-order valence-electron chi connectivity index (χ0n) is 23.7. The molecule has 2 saturated heterocycles. The van der Waals surface area contributed by atoms with E-state index in [1.165, 1.54) is 22.7 Å². The lowest BCUT2D eigenvalue weighted by molar-refractivity contribution is -0.203. The van der Waals surface area contributed by atoms with Gasteiger partial charge in [-0.05, 0) is 56.4 Å². The Labute approximate surface area is 259 Å². The highest BCUT2D eigenvalue weighted by atomic mass is 32.1. The number of likely N-dealkylation sites (tertiary alicyclic amines) is 1. The predicted octanol–water partition coefficient (Wildman–Crippen LogP) is 6.22. The Morgan fingerprint density at radius 3 is 2.55 bits per heavy atom. The molecule has 2 aliphatic heterocycles. The minimum atomic E-state index is -5.25. The second-order valence-electron chi connectivity index (χ2n) is 10.6. The molecule has 2 aliphatic rings. The van der Waals surface area contributed by atoms with Crippen LogP contribution in [-0.2, 0) is 19.1 Å². The van der Waals surface area contributed by atoms with E-state index in [0.717, 1.165) is 46.3 Å². The smallest absolute Gasteiger partial charge is 0.385 e. The van der Waals surface area contributed by atoms with Crippen molar-refractivity contribution < 1.29 is 36.8 Å². The number of alkyl halides is 3. The second-order valence-corrected chi connectivity index (χ2v) is 12.5. The van der Waals surface area contributed by atoms with Crippen molar-refractivity contribution in [3.05, 3.63) is 62.8 Å². The van der Waals surface area contributed by atoms with E-state index < -0.39 is 24.2 Å². The van der Waals surface area contributed by atoms with Crippen molar-refractivity contribution in [3.63, 3.8) is 0 Å². The van der Waals surface area contributed by atoms with Crippen molar-refractivity contribution in [1.29, 1.82) is 0 Å². The van der Waals surface area contributed by atoms with Gasteiger partial charge < -0.3 is 18.9 Å². The van der Waals surface area contributed by atoms with Gasteiger partial charge in [-0.25, -0.2) is 14.6 Å². The Bertz CT molecular complexity index is 1610. The third-order valence-corrected chi connectivity index (χ3v) is 9.77. The third-order valence-electron chi connectivity index (χ3n) is 7.84. The number of anilines is 1. The summed E-state index contributed by atoms with van der Waals surface area (Å²) in [7, 11) is 0. The molecule has 1 unspecified atom stereocenters. The highest BCUT2D eigenvalue weighted by Crippen LogP contribution is 2.40. The van der Waals surface area contributed by atoms with Crippen molar-refractivity contribution in [2.75, 3.05) is 44.3 Å². The number of esters is 2. The number of thiazole rings is 1. The summed E-state index contributed by atoms with van der Waals surface area (Å²) in [6, 6.07) is 10.5. The van der Waals surface area contributed by atoms with Crippen LogP contribution in [0.4, 0.5) is 18.9 Å². The number of piperidine rings is 1. The van der Waals surface area contributed by atoms with E-state index in [0.29, 0.717) is 49.8 Å². The molecule has 0 saturated carbocycles. The summed E-state index contributed by atoms with van der Waals surface area (Å²) in [6.45, 7) is 5.73. The highest BCUT2D eigenvalue weighted by molar-refractivity contribution is 7.10. The number of benzene rings is 1. The Kier molecular flexibility index (Phi) is 8.85. The van der Waals surface area contributed by atoms with E-state index in [4.69, 9.17) is 14.2 Å². The largest absolute Gasteiger partial charge is 0.491 e. The number of thiophene rings is 1. The maximum atomic E-state index is 12.8. The van der Waals surface area contributed by atoms with Crippen molar-refractivity contribution >= 4 is 40.3 Å². The predicted molar refractivity (Wildman–Crippen MR) is 159 cm³/mol. The number of ether oxygens (including phenoxy) is 2. The molecule has 0 N–H and O–H groups in total. The number of carbonyl (C=O) groups is 2. The van der Waals surface area contributed by atoms with Gasteiger partial charge in [0.25, 0.3) is 0 Å². The minimum absolute atomic E-state index is 0.0927. The summed E-state index contributed by atoms with van der Waals surface area (Å²) in [5, 5.41) is 9.02. The van der Waals surface area contributed by atoms with E-state index in [-0.39, 0.29) is 5.92 Å². The number of nitrogens with zero attached hydrogens (tertiary/aromatic N) is 4. The molecule has 6 rings (SSSR count). The summed E-state index contributed by atoms with van der Waals surface area (Å²) in [5.74, 6) is -2.98. The van der Waals surface area contributed by atoms with E-state index in [2.05, 4.69) is 26.9 Å². The lowest BCUT2D eigenvalue weighted by Gasteiger charge is -2.35. The molecule has 44 heavy (non-hydrogen) atoms. The topological polar surface area (TPSA) is 98.0 Å². The number of aryl methyl sites for hydroxylation is 1. The van der Waals surface area contributed by atoms with Crippen LogP contribution >= 0.6 is 22.7 Å². The summed E-state index contributed by atoms with van der Waals surface area (Å²) < 4.78 is 53.7. The zero-order chi connectivity index (χ0) is 30.8. The van der Waals surface area contributed by atoms with Gasteiger partial charge in [-0.1, -0.05) is 23.4 Å². The van der Waals surface area contributed by atoms with Gasteiger partial charge in [0, 0.05) is 40.5 Å². The molecule has 4 aromatic rings. The van der Waals surface area contributed by atoms with Gasteiger partial charge in [0.1, 0.15) is 17.5 Å². The Morgan fingerprint density at radius 2 is 1.84 bits per heavy atom.